The first-order chi connectivity index (χ1) is 19.0. The molecule has 0 unspecified atom stereocenters. The topological polar surface area (TPSA) is 67.6 Å². The quantitative estimate of drug-likeness (QED) is 0.167. The van der Waals surface area contributed by atoms with Crippen LogP contribution in [-0.2, 0) is 27.4 Å². The molecule has 0 saturated carbocycles. The molecule has 1 atom stereocenters. The van der Waals surface area contributed by atoms with E-state index in [1.165, 1.54) is 40.7 Å². The van der Waals surface area contributed by atoms with E-state index < -0.39 is 33.6 Å². The highest BCUT2D eigenvalue weighted by Crippen LogP contribution is 2.32. The summed E-state index contributed by atoms with van der Waals surface area (Å²) in [5.41, 5.74) is 1.84. The van der Waals surface area contributed by atoms with E-state index >= 15 is 0 Å². The Morgan fingerprint density at radius 3 is 2.48 bits per heavy atom. The van der Waals surface area contributed by atoms with Crippen LogP contribution in [-0.4, -0.2) is 31.1 Å². The number of fused-ring (bicyclic) bond motifs is 1. The van der Waals surface area contributed by atoms with Crippen LogP contribution in [0.4, 0.5) is 17.6 Å². The molecular weight excluding hydrogens is 546 g/mol. The molecule has 0 spiro atoms. The highest BCUT2D eigenvalue weighted by Gasteiger charge is 2.40. The van der Waals surface area contributed by atoms with E-state index in [2.05, 4.69) is 0 Å². The van der Waals surface area contributed by atoms with Gasteiger partial charge in [0.05, 0.1) is 11.6 Å². The summed E-state index contributed by atoms with van der Waals surface area (Å²) in [7, 11) is -4.09. The first-order valence-electron chi connectivity index (χ1n) is 12.7. The molecule has 3 aromatic carbocycles. The van der Waals surface area contributed by atoms with Crippen molar-refractivity contribution in [3.63, 3.8) is 0 Å². The van der Waals surface area contributed by atoms with Gasteiger partial charge in [-0.1, -0.05) is 48.6 Å². The molecule has 208 valence electrons. The van der Waals surface area contributed by atoms with Gasteiger partial charge in [-0.05, 0) is 66.3 Å². The number of alkyl halides is 3. The molecule has 0 amide bonds. The van der Waals surface area contributed by atoms with Crippen LogP contribution < -0.4 is 0 Å². The SMILES string of the molecule is O=C(CCc1cccc(/C=C/c2ccc(C(F)(F)F)cc2)c1)[C@@H]1CCCN1S(=O)(=O)c1cc2cc(F)ccc2o1. The van der Waals surface area contributed by atoms with Gasteiger partial charge in [-0.25, -0.2) is 12.8 Å². The van der Waals surface area contributed by atoms with Crippen LogP contribution in [0.5, 0.6) is 0 Å². The predicted molar refractivity (Wildman–Crippen MR) is 143 cm³/mol. The largest absolute Gasteiger partial charge is 0.443 e. The minimum Gasteiger partial charge on any atom is -0.443 e. The number of hydrogen-bond acceptors (Lipinski definition) is 4. The van der Waals surface area contributed by atoms with Crippen LogP contribution in [0.25, 0.3) is 23.1 Å². The van der Waals surface area contributed by atoms with Crippen molar-refractivity contribution in [3.8, 4) is 0 Å². The summed E-state index contributed by atoms with van der Waals surface area (Å²) in [6.07, 6.45) is 0.569. The number of sulfonamides is 1. The number of benzene rings is 3. The standard InChI is InChI=1S/C30H25F4NO4S/c31-25-13-15-28-23(18-25)19-29(39-28)40(37,38)35-16-2-5-26(35)27(36)14-10-22-4-1-3-21(17-22)7-6-20-8-11-24(12-9-20)30(32,33)34/h1,3-4,6-9,11-13,15,17-19,26H,2,5,10,14,16H2/b7-6+/t26-/m0/s1. The van der Waals surface area contributed by atoms with Gasteiger partial charge in [0.2, 0.25) is 5.09 Å². The van der Waals surface area contributed by atoms with Gasteiger partial charge in [-0.3, -0.25) is 4.79 Å². The van der Waals surface area contributed by atoms with Crippen molar-refractivity contribution in [1.82, 2.24) is 4.31 Å². The number of rotatable bonds is 8. The number of hydrogen-bond donors (Lipinski definition) is 0. The molecule has 4 aromatic rings. The number of furan rings is 1. The molecule has 0 N–H and O–H groups in total. The van der Waals surface area contributed by atoms with Gasteiger partial charge in [0.1, 0.15) is 11.4 Å². The Balaban J connectivity index is 1.24. The fourth-order valence-electron chi connectivity index (χ4n) is 4.84. The lowest BCUT2D eigenvalue weighted by atomic mass is 10.0. The molecule has 10 heteroatoms. The fourth-order valence-corrected chi connectivity index (χ4v) is 6.47. The molecule has 5 nitrogen and oxygen atoms in total. The number of ketones is 1. The molecule has 1 fully saturated rings. The monoisotopic (exact) mass is 571 g/mol. The first-order valence-corrected chi connectivity index (χ1v) is 14.1. The molecule has 40 heavy (non-hydrogen) atoms. The fraction of sp³-hybridized carbons (Fsp3) is 0.233. The van der Waals surface area contributed by atoms with E-state index in [1.807, 2.05) is 24.3 Å². The molecule has 1 aromatic heterocycles. The summed E-state index contributed by atoms with van der Waals surface area (Å²) in [6, 6.07) is 16.5. The van der Waals surface area contributed by atoms with E-state index in [9.17, 15) is 30.8 Å². The zero-order valence-corrected chi connectivity index (χ0v) is 22.0. The smallest absolute Gasteiger partial charge is 0.416 e. The highest BCUT2D eigenvalue weighted by molar-refractivity contribution is 7.89. The first kappa shape index (κ1) is 27.8. The van der Waals surface area contributed by atoms with Gasteiger partial charge >= 0.3 is 6.18 Å². The second-order valence-corrected chi connectivity index (χ2v) is 11.5. The lowest BCUT2D eigenvalue weighted by molar-refractivity contribution is -0.137. The number of aryl methyl sites for hydroxylation is 1. The van der Waals surface area contributed by atoms with Gasteiger partial charge in [0.15, 0.2) is 5.78 Å². The average molecular weight is 572 g/mol. The summed E-state index contributed by atoms with van der Waals surface area (Å²) in [6.45, 7) is 0.189. The van der Waals surface area contributed by atoms with E-state index in [1.54, 1.807) is 12.2 Å². The summed E-state index contributed by atoms with van der Waals surface area (Å²) in [5, 5.41) is 0.00763. The van der Waals surface area contributed by atoms with Gasteiger partial charge in [0, 0.05) is 24.4 Å². The van der Waals surface area contributed by atoms with Crippen LogP contribution in [0.15, 0.2) is 82.3 Å². The third-order valence-corrected chi connectivity index (χ3v) is 8.68. The number of Topliss-reactive ketones (excluding diaryl/α,β-unsaturated/α-hetero) is 1. The summed E-state index contributed by atoms with van der Waals surface area (Å²) < 4.78 is 85.1. The van der Waals surface area contributed by atoms with Crippen molar-refractivity contribution < 1.29 is 35.2 Å². The molecule has 0 bridgehead atoms. The minimum absolute atomic E-state index is 0.133. The maximum Gasteiger partial charge on any atom is 0.416 e. The predicted octanol–water partition coefficient (Wildman–Crippen LogP) is 7.12. The molecular formula is C30H25F4NO4S. The van der Waals surface area contributed by atoms with Crippen LogP contribution in [0, 0.1) is 5.82 Å². The number of halogens is 4. The van der Waals surface area contributed by atoms with Crippen LogP contribution >= 0.6 is 0 Å². The van der Waals surface area contributed by atoms with E-state index in [-0.39, 0.29) is 29.4 Å². The number of nitrogens with zero attached hydrogens (tertiary/aromatic N) is 1. The van der Waals surface area contributed by atoms with Crippen molar-refractivity contribution in [3.05, 3.63) is 101 Å². The van der Waals surface area contributed by atoms with Crippen molar-refractivity contribution in [1.29, 1.82) is 0 Å². The molecule has 2 heterocycles. The van der Waals surface area contributed by atoms with E-state index in [0.29, 0.717) is 30.2 Å². The summed E-state index contributed by atoms with van der Waals surface area (Å²) in [5.74, 6) is -0.709. The number of carbonyl (C=O) groups excluding carboxylic acids is 1. The Labute approximate surface area is 228 Å². The molecule has 5 rings (SSSR count). The van der Waals surface area contributed by atoms with Crippen LogP contribution in [0.3, 0.4) is 0 Å². The van der Waals surface area contributed by atoms with Crippen molar-refractivity contribution >= 4 is 38.9 Å². The summed E-state index contributed by atoms with van der Waals surface area (Å²) in [4.78, 5) is 13.1. The molecule has 0 aliphatic carbocycles. The summed E-state index contributed by atoms with van der Waals surface area (Å²) >= 11 is 0. The maximum absolute atomic E-state index is 13.5. The third kappa shape index (κ3) is 6.03. The highest BCUT2D eigenvalue weighted by atomic mass is 32.2. The Hall–Kier alpha value is -3.76. The van der Waals surface area contributed by atoms with Gasteiger partial charge in [-0.2, -0.15) is 17.5 Å². The van der Waals surface area contributed by atoms with Gasteiger partial charge in [0.25, 0.3) is 10.0 Å². The van der Waals surface area contributed by atoms with Gasteiger partial charge in [-0.15, -0.1) is 0 Å². The second-order valence-electron chi connectivity index (χ2n) is 9.69. The van der Waals surface area contributed by atoms with E-state index in [0.717, 1.165) is 23.3 Å². The normalized spacial score (nSPS) is 16.8. The Bertz CT molecular complexity index is 1670. The molecule has 1 aliphatic heterocycles. The maximum atomic E-state index is 13.5. The van der Waals surface area contributed by atoms with Crippen molar-refractivity contribution in [2.24, 2.45) is 0 Å². The van der Waals surface area contributed by atoms with E-state index in [4.69, 9.17) is 4.42 Å². The van der Waals surface area contributed by atoms with Crippen molar-refractivity contribution in [2.75, 3.05) is 6.54 Å². The zero-order valence-electron chi connectivity index (χ0n) is 21.2. The lowest BCUT2D eigenvalue weighted by Crippen LogP contribution is -2.40. The Morgan fingerprint density at radius 2 is 1.73 bits per heavy atom. The molecule has 1 saturated heterocycles. The van der Waals surface area contributed by atoms with Crippen molar-refractivity contribution in [2.45, 2.75) is 43.0 Å². The molecule has 0 radical (unpaired) electrons. The average Bonchev–Trinajstić information content (AvgIpc) is 3.59. The van der Waals surface area contributed by atoms with Crippen LogP contribution in [0.1, 0.15) is 41.5 Å². The number of carbonyl (C=O) groups is 1. The van der Waals surface area contributed by atoms with Gasteiger partial charge < -0.3 is 4.42 Å². The minimum atomic E-state index is -4.39. The van der Waals surface area contributed by atoms with Crippen LogP contribution in [0.2, 0.25) is 0 Å². The zero-order chi connectivity index (χ0) is 28.5. The molecule has 1 aliphatic rings. The Kier molecular flexibility index (Phi) is 7.65. The lowest BCUT2D eigenvalue weighted by Gasteiger charge is -2.21. The second kappa shape index (κ2) is 11.0. The third-order valence-electron chi connectivity index (χ3n) is 6.91. The Morgan fingerprint density at radius 1 is 0.975 bits per heavy atom.